The van der Waals surface area contributed by atoms with Crippen molar-refractivity contribution in [3.8, 4) is 17.3 Å². The second-order valence-electron chi connectivity index (χ2n) is 5.95. The maximum absolute atomic E-state index is 13.9. The van der Waals surface area contributed by atoms with Gasteiger partial charge in [0.05, 0.1) is 31.7 Å². The molecule has 0 bridgehead atoms. The average Bonchev–Trinajstić information content (AvgIpc) is 2.70. The zero-order valence-electron chi connectivity index (χ0n) is 15.5. The molecule has 0 aliphatic rings. The quantitative estimate of drug-likeness (QED) is 0.733. The molecule has 0 aliphatic carbocycles. The number of anilines is 1. The summed E-state index contributed by atoms with van der Waals surface area (Å²) in [7, 11) is 2.93. The Labute approximate surface area is 160 Å². The Morgan fingerprint density at radius 1 is 1.07 bits per heavy atom. The van der Waals surface area contributed by atoms with E-state index >= 15 is 0 Å². The molecule has 0 unspecified atom stereocenters. The fourth-order valence-corrected chi connectivity index (χ4v) is 2.57. The van der Waals surface area contributed by atoms with Crippen LogP contribution in [0.5, 0.6) is 11.6 Å². The highest BCUT2D eigenvalue weighted by Gasteiger charge is 2.18. The molecule has 3 aromatic rings. The topological polar surface area (TPSA) is 82.5 Å². The molecule has 0 saturated heterocycles. The lowest BCUT2D eigenvalue weighted by Crippen LogP contribution is -2.26. The van der Waals surface area contributed by atoms with Gasteiger partial charge in [0.2, 0.25) is 11.3 Å². The van der Waals surface area contributed by atoms with Crippen LogP contribution in [0.4, 0.5) is 10.1 Å². The molecule has 1 N–H and O–H groups in total. The number of amides is 1. The summed E-state index contributed by atoms with van der Waals surface area (Å²) in [6.07, 6.45) is 0. The largest absolute Gasteiger partial charge is 0.497 e. The van der Waals surface area contributed by atoms with Gasteiger partial charge in [-0.15, -0.1) is 0 Å². The van der Waals surface area contributed by atoms with E-state index in [2.05, 4.69) is 10.4 Å². The lowest BCUT2D eigenvalue weighted by Gasteiger charge is -2.13. The fraction of sp³-hybridized carbons (Fsp3) is 0.150. The number of carbonyl (C=O) groups excluding carboxylic acids is 1. The zero-order valence-corrected chi connectivity index (χ0v) is 15.5. The number of aryl methyl sites for hydroxylation is 1. The van der Waals surface area contributed by atoms with Crippen LogP contribution < -0.4 is 20.2 Å². The molecule has 2 aromatic carbocycles. The molecule has 0 fully saturated rings. The van der Waals surface area contributed by atoms with Crippen molar-refractivity contribution in [1.82, 2.24) is 9.78 Å². The van der Waals surface area contributed by atoms with Gasteiger partial charge in [-0.25, -0.2) is 9.07 Å². The highest BCUT2D eigenvalue weighted by atomic mass is 19.1. The van der Waals surface area contributed by atoms with Crippen LogP contribution in [0, 0.1) is 12.7 Å². The first kappa shape index (κ1) is 19.1. The van der Waals surface area contributed by atoms with E-state index < -0.39 is 22.8 Å². The second-order valence-corrected chi connectivity index (χ2v) is 5.95. The van der Waals surface area contributed by atoms with Gasteiger partial charge in [-0.2, -0.15) is 5.10 Å². The summed E-state index contributed by atoms with van der Waals surface area (Å²) in [5, 5.41) is 6.51. The molecule has 1 amide bonds. The third kappa shape index (κ3) is 3.85. The van der Waals surface area contributed by atoms with Crippen molar-refractivity contribution in [2.24, 2.45) is 0 Å². The van der Waals surface area contributed by atoms with Gasteiger partial charge in [0.1, 0.15) is 11.6 Å². The summed E-state index contributed by atoms with van der Waals surface area (Å²) in [5.41, 5.74) is 0.242. The summed E-state index contributed by atoms with van der Waals surface area (Å²) in [6, 6.07) is 12.2. The number of carbonyl (C=O) groups is 1. The maximum Gasteiger partial charge on any atom is 0.280 e. The van der Waals surface area contributed by atoms with E-state index in [1.54, 1.807) is 44.4 Å². The van der Waals surface area contributed by atoms with Crippen LogP contribution in [0.15, 0.2) is 53.3 Å². The van der Waals surface area contributed by atoms with Crippen molar-refractivity contribution in [3.63, 3.8) is 0 Å². The van der Waals surface area contributed by atoms with Crippen LogP contribution in [0.1, 0.15) is 16.1 Å². The van der Waals surface area contributed by atoms with E-state index in [9.17, 15) is 14.0 Å². The number of nitrogens with one attached hydrogen (secondary N) is 1. The highest BCUT2D eigenvalue weighted by Crippen LogP contribution is 2.20. The Balaban J connectivity index is 2.02. The van der Waals surface area contributed by atoms with Crippen molar-refractivity contribution in [1.29, 1.82) is 0 Å². The molecule has 0 atom stereocenters. The number of hydrogen-bond donors (Lipinski definition) is 1. The zero-order chi connectivity index (χ0) is 20.3. The van der Waals surface area contributed by atoms with Gasteiger partial charge in [0, 0.05) is 0 Å². The first-order valence-electron chi connectivity index (χ1n) is 8.33. The first-order chi connectivity index (χ1) is 13.4. The third-order valence-corrected chi connectivity index (χ3v) is 4.01. The van der Waals surface area contributed by atoms with E-state index in [0.29, 0.717) is 11.4 Å². The molecule has 8 heteroatoms. The summed E-state index contributed by atoms with van der Waals surface area (Å²) in [4.78, 5) is 24.9. The van der Waals surface area contributed by atoms with Crippen LogP contribution in [-0.4, -0.2) is 29.9 Å². The number of nitrogens with zero attached hydrogens (tertiary/aromatic N) is 2. The summed E-state index contributed by atoms with van der Waals surface area (Å²) < 4.78 is 25.6. The van der Waals surface area contributed by atoms with Gasteiger partial charge in [0.15, 0.2) is 5.69 Å². The highest BCUT2D eigenvalue weighted by molar-refractivity contribution is 6.02. The van der Waals surface area contributed by atoms with Crippen LogP contribution in [-0.2, 0) is 0 Å². The van der Waals surface area contributed by atoms with Gasteiger partial charge in [-0.1, -0.05) is 6.07 Å². The van der Waals surface area contributed by atoms with Gasteiger partial charge < -0.3 is 14.8 Å². The van der Waals surface area contributed by atoms with Crippen LogP contribution in [0.2, 0.25) is 0 Å². The predicted molar refractivity (Wildman–Crippen MR) is 102 cm³/mol. The SMILES string of the molecule is COc1ccc(-n2nc(C(=O)Nc3cc(C)ccc3F)c(=O)cc2OC)cc1. The van der Waals surface area contributed by atoms with Crippen molar-refractivity contribution in [2.75, 3.05) is 19.5 Å². The number of halogens is 1. The minimum absolute atomic E-state index is 0.0296. The molecule has 7 nitrogen and oxygen atoms in total. The molecule has 0 radical (unpaired) electrons. The second kappa shape index (κ2) is 7.91. The minimum Gasteiger partial charge on any atom is -0.497 e. The summed E-state index contributed by atoms with van der Waals surface area (Å²) >= 11 is 0. The molecule has 0 saturated carbocycles. The molecule has 28 heavy (non-hydrogen) atoms. The molecular weight excluding hydrogens is 365 g/mol. The first-order valence-corrected chi connectivity index (χ1v) is 8.33. The number of methoxy groups -OCH3 is 2. The van der Waals surface area contributed by atoms with Crippen molar-refractivity contribution >= 4 is 11.6 Å². The number of ether oxygens (including phenoxy) is 2. The molecule has 1 aromatic heterocycles. The lowest BCUT2D eigenvalue weighted by molar-refractivity contribution is 0.101. The average molecular weight is 383 g/mol. The van der Waals surface area contributed by atoms with Gasteiger partial charge in [-0.05, 0) is 48.9 Å². The number of rotatable bonds is 5. The molecule has 0 aliphatic heterocycles. The Bertz CT molecular complexity index is 1080. The Morgan fingerprint density at radius 2 is 1.79 bits per heavy atom. The van der Waals surface area contributed by atoms with E-state index in [-0.39, 0.29) is 11.6 Å². The van der Waals surface area contributed by atoms with E-state index in [0.717, 1.165) is 11.6 Å². The number of benzene rings is 2. The summed E-state index contributed by atoms with van der Waals surface area (Å²) in [5.74, 6) is -0.646. The summed E-state index contributed by atoms with van der Waals surface area (Å²) in [6.45, 7) is 1.76. The molecule has 144 valence electrons. The van der Waals surface area contributed by atoms with Crippen molar-refractivity contribution in [3.05, 3.63) is 75.8 Å². The van der Waals surface area contributed by atoms with Crippen LogP contribution >= 0.6 is 0 Å². The smallest absolute Gasteiger partial charge is 0.280 e. The third-order valence-electron chi connectivity index (χ3n) is 4.01. The Hall–Kier alpha value is -3.68. The number of aromatic nitrogens is 2. The Morgan fingerprint density at radius 3 is 2.43 bits per heavy atom. The van der Waals surface area contributed by atoms with Gasteiger partial charge in [-0.3, -0.25) is 9.59 Å². The van der Waals surface area contributed by atoms with Crippen molar-refractivity contribution < 1.29 is 18.7 Å². The number of hydrogen-bond acceptors (Lipinski definition) is 5. The molecule has 3 rings (SSSR count). The lowest BCUT2D eigenvalue weighted by atomic mass is 10.2. The van der Waals surface area contributed by atoms with Gasteiger partial charge >= 0.3 is 0 Å². The molecule has 0 spiro atoms. The van der Waals surface area contributed by atoms with Gasteiger partial charge in [0.25, 0.3) is 5.91 Å². The van der Waals surface area contributed by atoms with Crippen molar-refractivity contribution in [2.45, 2.75) is 6.92 Å². The molecular formula is C20H18FN3O4. The van der Waals surface area contributed by atoms with E-state index in [1.165, 1.54) is 23.9 Å². The maximum atomic E-state index is 13.9. The predicted octanol–water partition coefficient (Wildman–Crippen LogP) is 2.95. The van der Waals surface area contributed by atoms with Crippen LogP contribution in [0.25, 0.3) is 5.69 Å². The Kier molecular flexibility index (Phi) is 5.39. The molecule has 1 heterocycles. The standard InChI is InChI=1S/C20H18FN3O4/c1-12-4-9-15(21)16(10-12)22-20(26)19-17(25)11-18(28-3)24(23-19)13-5-7-14(27-2)8-6-13/h4-11H,1-3H3,(H,22,26). The fourth-order valence-electron chi connectivity index (χ4n) is 2.57. The minimum atomic E-state index is -0.820. The van der Waals surface area contributed by atoms with Crippen LogP contribution in [0.3, 0.4) is 0 Å². The van der Waals surface area contributed by atoms with E-state index in [4.69, 9.17) is 9.47 Å². The normalized spacial score (nSPS) is 10.4. The van der Waals surface area contributed by atoms with E-state index in [1.807, 2.05) is 0 Å². The monoisotopic (exact) mass is 383 g/mol.